The van der Waals surface area contributed by atoms with E-state index in [0.29, 0.717) is 12.5 Å². The Labute approximate surface area is 144 Å². The molecule has 1 aromatic carbocycles. The fourth-order valence-corrected chi connectivity index (χ4v) is 2.94. The molecule has 0 bridgehead atoms. The first-order valence-electron chi connectivity index (χ1n) is 8.61. The first-order chi connectivity index (χ1) is 11.3. The molecule has 2 atom stereocenters. The van der Waals surface area contributed by atoms with Crippen molar-refractivity contribution >= 4 is 17.5 Å². The lowest BCUT2D eigenvalue weighted by Crippen LogP contribution is -2.35. The van der Waals surface area contributed by atoms with Crippen LogP contribution in [0.15, 0.2) is 18.2 Å². The van der Waals surface area contributed by atoms with Crippen LogP contribution in [-0.2, 0) is 14.3 Å². The molecule has 2 amide bonds. The van der Waals surface area contributed by atoms with Crippen molar-refractivity contribution in [3.05, 3.63) is 29.3 Å². The van der Waals surface area contributed by atoms with Crippen molar-refractivity contribution in [2.75, 3.05) is 18.9 Å². The van der Waals surface area contributed by atoms with Gasteiger partial charge in [-0.1, -0.05) is 12.1 Å². The van der Waals surface area contributed by atoms with Gasteiger partial charge in [0.25, 0.3) is 0 Å². The highest BCUT2D eigenvalue weighted by molar-refractivity contribution is 5.95. The van der Waals surface area contributed by atoms with Gasteiger partial charge in [0.1, 0.15) is 0 Å². The predicted octanol–water partition coefficient (Wildman–Crippen LogP) is 3.05. The van der Waals surface area contributed by atoms with Crippen LogP contribution in [0.5, 0.6) is 0 Å². The smallest absolute Gasteiger partial charge is 0.243 e. The Morgan fingerprint density at radius 1 is 1.29 bits per heavy atom. The summed E-state index contributed by atoms with van der Waals surface area (Å²) < 4.78 is 5.73. The van der Waals surface area contributed by atoms with Gasteiger partial charge in [-0.15, -0.1) is 0 Å². The summed E-state index contributed by atoms with van der Waals surface area (Å²) in [5.41, 5.74) is 2.90. The molecule has 1 fully saturated rings. The van der Waals surface area contributed by atoms with Gasteiger partial charge in [0, 0.05) is 19.2 Å². The molecule has 5 heteroatoms. The molecular formula is C19H28N2O3. The van der Waals surface area contributed by atoms with Crippen molar-refractivity contribution in [3.8, 4) is 0 Å². The highest BCUT2D eigenvalue weighted by Gasteiger charge is 2.23. The van der Waals surface area contributed by atoms with Gasteiger partial charge in [0.2, 0.25) is 11.8 Å². The van der Waals surface area contributed by atoms with E-state index in [1.807, 2.05) is 32.0 Å². The van der Waals surface area contributed by atoms with E-state index >= 15 is 0 Å². The minimum Gasteiger partial charge on any atom is -0.375 e. The molecule has 24 heavy (non-hydrogen) atoms. The van der Waals surface area contributed by atoms with Gasteiger partial charge in [-0.2, -0.15) is 0 Å². The van der Waals surface area contributed by atoms with E-state index in [0.717, 1.165) is 36.1 Å². The number of carbonyl (C=O) groups excluding carboxylic acids is 2. The average Bonchev–Trinajstić information content (AvgIpc) is 2.94. The maximum Gasteiger partial charge on any atom is 0.243 e. The van der Waals surface area contributed by atoms with Crippen molar-refractivity contribution in [2.45, 2.75) is 58.7 Å². The second kappa shape index (κ2) is 8.29. The number of nitrogens with zero attached hydrogens (tertiary/aromatic N) is 1. The lowest BCUT2D eigenvalue weighted by molar-refractivity contribution is -0.133. The number of hydrogen-bond acceptors (Lipinski definition) is 3. The Kier molecular flexibility index (Phi) is 6.37. The molecule has 1 saturated heterocycles. The number of anilines is 1. The molecule has 132 valence electrons. The molecule has 0 radical (unpaired) electrons. The minimum atomic E-state index is -0.176. The van der Waals surface area contributed by atoms with E-state index in [2.05, 4.69) is 12.2 Å². The van der Waals surface area contributed by atoms with Gasteiger partial charge in [-0.3, -0.25) is 9.59 Å². The molecule has 1 heterocycles. The van der Waals surface area contributed by atoms with Gasteiger partial charge in [-0.25, -0.2) is 0 Å². The number of benzene rings is 1. The summed E-state index contributed by atoms with van der Waals surface area (Å²) in [5, 5.41) is 2.88. The van der Waals surface area contributed by atoms with Crippen LogP contribution in [0.2, 0.25) is 0 Å². The minimum absolute atomic E-state index is 0.0192. The molecule has 1 aliphatic heterocycles. The van der Waals surface area contributed by atoms with Crippen molar-refractivity contribution in [2.24, 2.45) is 0 Å². The zero-order chi connectivity index (χ0) is 17.7. The number of ether oxygens (including phenoxy) is 1. The highest BCUT2D eigenvalue weighted by atomic mass is 16.5. The molecule has 1 aromatic rings. The number of hydrogen-bond donors (Lipinski definition) is 1. The fourth-order valence-electron chi connectivity index (χ4n) is 2.94. The predicted molar refractivity (Wildman–Crippen MR) is 95.0 cm³/mol. The Balaban J connectivity index is 1.78. The van der Waals surface area contributed by atoms with Crippen molar-refractivity contribution in [3.63, 3.8) is 0 Å². The Morgan fingerprint density at radius 3 is 2.71 bits per heavy atom. The number of carbonyl (C=O) groups is 2. The molecular weight excluding hydrogens is 304 g/mol. The third-order valence-corrected chi connectivity index (χ3v) is 4.47. The molecule has 2 rings (SSSR count). The van der Waals surface area contributed by atoms with Crippen LogP contribution in [0, 0.1) is 13.8 Å². The topological polar surface area (TPSA) is 58.6 Å². The molecule has 2 unspecified atom stereocenters. The van der Waals surface area contributed by atoms with Gasteiger partial charge in [-0.05, 0) is 57.2 Å². The van der Waals surface area contributed by atoms with Crippen LogP contribution < -0.4 is 5.32 Å². The molecule has 0 aromatic heterocycles. The SMILES string of the molecule is Cc1ccc(C)c(NC(=O)CN(C)C(=O)CCC2CCC(C)O2)c1. The standard InChI is InChI=1S/C19H28N2O3/c1-13-5-6-14(2)17(11-13)20-18(22)12-21(4)19(23)10-9-16-8-7-15(3)24-16/h5-6,11,15-16H,7-10,12H2,1-4H3,(H,20,22). The fraction of sp³-hybridized carbons (Fsp3) is 0.579. The van der Waals surface area contributed by atoms with Crippen molar-refractivity contribution in [1.82, 2.24) is 4.90 Å². The summed E-state index contributed by atoms with van der Waals surface area (Å²) in [6, 6.07) is 5.92. The summed E-state index contributed by atoms with van der Waals surface area (Å²) in [6.07, 6.45) is 3.71. The lowest BCUT2D eigenvalue weighted by Gasteiger charge is -2.18. The monoisotopic (exact) mass is 332 g/mol. The van der Waals surface area contributed by atoms with Gasteiger partial charge < -0.3 is 15.0 Å². The molecule has 1 N–H and O–H groups in total. The number of likely N-dealkylation sites (N-methyl/N-ethyl adjacent to an activating group) is 1. The number of amides is 2. The summed E-state index contributed by atoms with van der Waals surface area (Å²) in [5.74, 6) is -0.195. The normalized spacial score (nSPS) is 20.0. The Hall–Kier alpha value is -1.88. The van der Waals surface area contributed by atoms with E-state index in [4.69, 9.17) is 4.74 Å². The van der Waals surface area contributed by atoms with Crippen molar-refractivity contribution < 1.29 is 14.3 Å². The Morgan fingerprint density at radius 2 is 2.04 bits per heavy atom. The summed E-state index contributed by atoms with van der Waals surface area (Å²) in [6.45, 7) is 6.06. The third-order valence-electron chi connectivity index (χ3n) is 4.47. The lowest BCUT2D eigenvalue weighted by atomic mass is 10.1. The second-order valence-corrected chi connectivity index (χ2v) is 6.80. The maximum atomic E-state index is 12.2. The van der Waals surface area contributed by atoms with Gasteiger partial charge in [0.05, 0.1) is 18.8 Å². The molecule has 1 aliphatic rings. The van der Waals surface area contributed by atoms with Crippen LogP contribution in [0.3, 0.4) is 0 Å². The Bertz CT molecular complexity index is 600. The summed E-state index contributed by atoms with van der Waals surface area (Å²) >= 11 is 0. The van der Waals surface area contributed by atoms with Crippen LogP contribution in [0.25, 0.3) is 0 Å². The zero-order valence-corrected chi connectivity index (χ0v) is 15.1. The number of rotatable bonds is 6. The highest BCUT2D eigenvalue weighted by Crippen LogP contribution is 2.22. The number of aryl methyl sites for hydroxylation is 2. The second-order valence-electron chi connectivity index (χ2n) is 6.80. The third kappa shape index (κ3) is 5.34. The van der Waals surface area contributed by atoms with E-state index in [9.17, 15) is 9.59 Å². The van der Waals surface area contributed by atoms with E-state index in [1.54, 1.807) is 7.05 Å². The van der Waals surface area contributed by atoms with E-state index in [1.165, 1.54) is 4.90 Å². The summed E-state index contributed by atoms with van der Waals surface area (Å²) in [4.78, 5) is 25.8. The van der Waals surface area contributed by atoms with Crippen LogP contribution in [0.1, 0.15) is 43.7 Å². The van der Waals surface area contributed by atoms with Crippen LogP contribution in [0.4, 0.5) is 5.69 Å². The van der Waals surface area contributed by atoms with Gasteiger partial charge >= 0.3 is 0 Å². The first-order valence-corrected chi connectivity index (χ1v) is 8.61. The van der Waals surface area contributed by atoms with Gasteiger partial charge in [0.15, 0.2) is 0 Å². The van der Waals surface area contributed by atoms with E-state index < -0.39 is 0 Å². The van der Waals surface area contributed by atoms with E-state index in [-0.39, 0.29) is 24.5 Å². The zero-order valence-electron chi connectivity index (χ0n) is 15.1. The number of nitrogens with one attached hydrogen (secondary N) is 1. The molecule has 5 nitrogen and oxygen atoms in total. The van der Waals surface area contributed by atoms with Crippen LogP contribution >= 0.6 is 0 Å². The maximum absolute atomic E-state index is 12.2. The quantitative estimate of drug-likeness (QED) is 0.871. The first kappa shape index (κ1) is 18.5. The van der Waals surface area contributed by atoms with Crippen LogP contribution in [-0.4, -0.2) is 42.5 Å². The molecule has 0 aliphatic carbocycles. The average molecular weight is 332 g/mol. The molecule has 0 saturated carbocycles. The summed E-state index contributed by atoms with van der Waals surface area (Å²) in [7, 11) is 1.67. The van der Waals surface area contributed by atoms with Crippen molar-refractivity contribution in [1.29, 1.82) is 0 Å². The molecule has 0 spiro atoms. The largest absolute Gasteiger partial charge is 0.375 e.